The fraction of sp³-hybridized carbons (Fsp3) is 0.667. The van der Waals surface area contributed by atoms with E-state index in [-0.39, 0.29) is 36.2 Å². The Hall–Kier alpha value is -2.94. The molecule has 0 aromatic heterocycles. The molecule has 0 heterocycles. The average Bonchev–Trinajstić information content (AvgIpc) is 2.92. The van der Waals surface area contributed by atoms with Crippen LogP contribution in [-0.2, 0) is 23.9 Å². The Kier molecular flexibility index (Phi) is 13.4. The van der Waals surface area contributed by atoms with Gasteiger partial charge in [-0.3, -0.25) is 19.2 Å². The van der Waals surface area contributed by atoms with Gasteiger partial charge in [0.1, 0.15) is 12.1 Å². The van der Waals surface area contributed by atoms with E-state index in [2.05, 4.69) is 0 Å². The molecule has 1 aromatic carbocycles. The van der Waals surface area contributed by atoms with Crippen LogP contribution in [0, 0.1) is 11.8 Å². The number of carboxylic acid groups (broad SMARTS) is 1. The zero-order chi connectivity index (χ0) is 28.9. The molecule has 1 aromatic rings. The molecular weight excluding hydrogens is 502 g/mol. The van der Waals surface area contributed by atoms with Gasteiger partial charge in [-0.25, -0.2) is 0 Å². The molecule has 1 aliphatic rings. The molecule has 0 radical (unpaired) electrons. The van der Waals surface area contributed by atoms with Crippen LogP contribution in [-0.4, -0.2) is 41.1 Å². The molecular formula is C30H45NO8. The summed E-state index contributed by atoms with van der Waals surface area (Å²) in [6.07, 6.45) is 7.40. The molecule has 39 heavy (non-hydrogen) atoms. The van der Waals surface area contributed by atoms with Crippen LogP contribution in [0.2, 0.25) is 0 Å². The lowest BCUT2D eigenvalue weighted by Crippen LogP contribution is -2.43. The van der Waals surface area contributed by atoms with Crippen LogP contribution in [0.25, 0.3) is 0 Å². The Morgan fingerprint density at radius 2 is 1.49 bits per heavy atom. The second-order valence-electron chi connectivity index (χ2n) is 10.6. The van der Waals surface area contributed by atoms with Crippen LogP contribution >= 0.6 is 0 Å². The lowest BCUT2D eigenvalue weighted by atomic mass is 9.79. The van der Waals surface area contributed by atoms with Gasteiger partial charge in [0.25, 0.3) is 0 Å². The van der Waals surface area contributed by atoms with Crippen molar-refractivity contribution in [1.29, 1.82) is 0 Å². The molecule has 9 nitrogen and oxygen atoms in total. The van der Waals surface area contributed by atoms with Crippen LogP contribution in [0.5, 0.6) is 11.5 Å². The normalized spacial score (nSPS) is 16.9. The van der Waals surface area contributed by atoms with Crippen molar-refractivity contribution in [2.24, 2.45) is 17.6 Å². The first-order valence-electron chi connectivity index (χ1n) is 14.3. The van der Waals surface area contributed by atoms with Crippen LogP contribution in [0.1, 0.15) is 110 Å². The maximum Gasteiger partial charge on any atom is 0.321 e. The van der Waals surface area contributed by atoms with E-state index in [4.69, 9.17) is 19.9 Å². The van der Waals surface area contributed by atoms with Crippen molar-refractivity contribution in [2.75, 3.05) is 0 Å². The van der Waals surface area contributed by atoms with Gasteiger partial charge in [-0.2, -0.15) is 0 Å². The van der Waals surface area contributed by atoms with Crippen molar-refractivity contribution in [1.82, 2.24) is 0 Å². The third-order valence-electron chi connectivity index (χ3n) is 7.49. The van der Waals surface area contributed by atoms with Gasteiger partial charge in [0, 0.05) is 24.7 Å². The molecule has 3 N–H and O–H groups in total. The zero-order valence-corrected chi connectivity index (χ0v) is 23.8. The number of rotatable bonds is 15. The number of nitrogens with two attached hydrogens (primary N) is 1. The van der Waals surface area contributed by atoms with E-state index in [1.54, 1.807) is 19.9 Å². The molecule has 1 saturated carbocycles. The van der Waals surface area contributed by atoms with E-state index in [9.17, 15) is 24.3 Å². The van der Waals surface area contributed by atoms with Crippen molar-refractivity contribution in [3.8, 4) is 11.5 Å². The maximum atomic E-state index is 12.8. The van der Waals surface area contributed by atoms with Crippen molar-refractivity contribution >= 4 is 23.9 Å². The van der Waals surface area contributed by atoms with Gasteiger partial charge in [-0.15, -0.1) is 0 Å². The summed E-state index contributed by atoms with van der Waals surface area (Å²) in [5.41, 5.74) is 6.64. The van der Waals surface area contributed by atoms with E-state index in [0.29, 0.717) is 18.4 Å². The molecule has 1 aliphatic carbocycles. The molecule has 0 bridgehead atoms. The number of carbonyl (C=O) groups excluding carboxylic acids is 3. The summed E-state index contributed by atoms with van der Waals surface area (Å²) in [5, 5.41) is 9.81. The fourth-order valence-electron chi connectivity index (χ4n) is 4.89. The van der Waals surface area contributed by atoms with Gasteiger partial charge in [-0.05, 0) is 50.3 Å². The Labute approximate surface area is 231 Å². The van der Waals surface area contributed by atoms with Crippen molar-refractivity contribution in [3.05, 3.63) is 23.8 Å². The number of carboxylic acids is 1. The summed E-state index contributed by atoms with van der Waals surface area (Å²) in [5.74, 6) is -3.72. The standard InChI is InChI=1S/C30H45NO8/c1-5-7-14-25(32)38-23-17-16-22(18-24(23)39-26(33)15-8-6-2)27(28(31)29(34)35)19(3)20(4)37-30(36)21-12-10-9-11-13-21/h16-21,27-28H,5-15,31H2,1-4H3,(H,34,35)/t19?,20?,27?,28-/m0/s1. The quantitative estimate of drug-likeness (QED) is 0.214. The van der Waals surface area contributed by atoms with Crippen LogP contribution in [0.3, 0.4) is 0 Å². The Balaban J connectivity index is 2.36. The molecule has 9 heteroatoms. The van der Waals surface area contributed by atoms with Gasteiger partial charge >= 0.3 is 23.9 Å². The van der Waals surface area contributed by atoms with Gasteiger partial charge in [0.05, 0.1) is 5.92 Å². The topological polar surface area (TPSA) is 142 Å². The monoisotopic (exact) mass is 547 g/mol. The highest BCUT2D eigenvalue weighted by atomic mass is 16.6. The fourth-order valence-corrected chi connectivity index (χ4v) is 4.89. The number of aliphatic carboxylic acids is 1. The Morgan fingerprint density at radius 3 is 2.03 bits per heavy atom. The molecule has 2 rings (SSSR count). The predicted molar refractivity (Wildman–Crippen MR) is 146 cm³/mol. The highest BCUT2D eigenvalue weighted by Gasteiger charge is 2.36. The lowest BCUT2D eigenvalue weighted by molar-refractivity contribution is -0.157. The van der Waals surface area contributed by atoms with E-state index < -0.39 is 41.9 Å². The third kappa shape index (κ3) is 9.95. The molecule has 1 fully saturated rings. The highest BCUT2D eigenvalue weighted by Crippen LogP contribution is 2.38. The molecule has 4 atom stereocenters. The molecule has 0 spiro atoms. The molecule has 0 saturated heterocycles. The third-order valence-corrected chi connectivity index (χ3v) is 7.49. The smallest absolute Gasteiger partial charge is 0.321 e. The number of benzene rings is 1. The van der Waals surface area contributed by atoms with E-state index in [1.165, 1.54) is 12.1 Å². The first-order chi connectivity index (χ1) is 18.6. The first kappa shape index (κ1) is 32.3. The molecule has 218 valence electrons. The highest BCUT2D eigenvalue weighted by molar-refractivity contribution is 5.77. The van der Waals surface area contributed by atoms with Crippen LogP contribution in [0.4, 0.5) is 0 Å². The summed E-state index contributed by atoms with van der Waals surface area (Å²) in [7, 11) is 0. The van der Waals surface area contributed by atoms with Crippen molar-refractivity contribution < 1.29 is 38.5 Å². The molecule has 0 amide bonds. The number of ether oxygens (including phenoxy) is 3. The van der Waals surface area contributed by atoms with Gasteiger partial charge < -0.3 is 25.1 Å². The second-order valence-corrected chi connectivity index (χ2v) is 10.6. The van der Waals surface area contributed by atoms with E-state index >= 15 is 0 Å². The maximum absolute atomic E-state index is 12.8. The van der Waals surface area contributed by atoms with E-state index in [0.717, 1.165) is 44.9 Å². The summed E-state index contributed by atoms with van der Waals surface area (Å²) in [4.78, 5) is 49.6. The summed E-state index contributed by atoms with van der Waals surface area (Å²) in [6, 6.07) is 3.30. The predicted octanol–water partition coefficient (Wildman–Crippen LogP) is 5.52. The van der Waals surface area contributed by atoms with E-state index in [1.807, 2.05) is 13.8 Å². The van der Waals surface area contributed by atoms with Gasteiger partial charge in [0.15, 0.2) is 11.5 Å². The van der Waals surface area contributed by atoms with Crippen molar-refractivity contribution in [3.63, 3.8) is 0 Å². The van der Waals surface area contributed by atoms with Crippen LogP contribution in [0.15, 0.2) is 18.2 Å². The molecule has 0 aliphatic heterocycles. The number of hydrogen-bond donors (Lipinski definition) is 2. The zero-order valence-electron chi connectivity index (χ0n) is 23.8. The summed E-state index contributed by atoms with van der Waals surface area (Å²) in [6.45, 7) is 7.44. The van der Waals surface area contributed by atoms with Crippen molar-refractivity contribution in [2.45, 2.75) is 116 Å². The SMILES string of the molecule is CCCCC(=O)Oc1ccc(C(C(C)C(C)OC(=O)C2CCCCC2)[C@H](N)C(=O)O)cc1OC(=O)CCCC. The number of unbranched alkanes of at least 4 members (excludes halogenated alkanes) is 2. The minimum absolute atomic E-state index is 0.0279. The number of esters is 3. The largest absolute Gasteiger partial charge is 0.480 e. The average molecular weight is 548 g/mol. The van der Waals surface area contributed by atoms with Gasteiger partial charge in [0.2, 0.25) is 0 Å². The van der Waals surface area contributed by atoms with Crippen LogP contribution < -0.4 is 15.2 Å². The summed E-state index contributed by atoms with van der Waals surface area (Å²) < 4.78 is 16.9. The minimum Gasteiger partial charge on any atom is -0.480 e. The number of carbonyl (C=O) groups is 4. The minimum atomic E-state index is -1.32. The number of hydrogen-bond acceptors (Lipinski definition) is 8. The first-order valence-corrected chi connectivity index (χ1v) is 14.3. The van der Waals surface area contributed by atoms with Gasteiger partial charge in [-0.1, -0.05) is 58.9 Å². The Bertz CT molecular complexity index is 972. The Morgan fingerprint density at radius 1 is 0.923 bits per heavy atom. The summed E-state index contributed by atoms with van der Waals surface area (Å²) >= 11 is 0. The molecule has 3 unspecified atom stereocenters. The second kappa shape index (κ2) is 16.2. The lowest BCUT2D eigenvalue weighted by Gasteiger charge is -2.33.